The van der Waals surface area contributed by atoms with Crippen LogP contribution < -0.4 is 0 Å². The molecule has 2 unspecified atom stereocenters. The second kappa shape index (κ2) is 7.93. The van der Waals surface area contributed by atoms with Gasteiger partial charge in [-0.05, 0) is 24.6 Å². The number of benzene rings is 1. The summed E-state index contributed by atoms with van der Waals surface area (Å²) in [5.41, 5.74) is 0.997. The third-order valence-electron chi connectivity index (χ3n) is 3.38. The van der Waals surface area contributed by atoms with Crippen molar-refractivity contribution in [3.8, 4) is 0 Å². The summed E-state index contributed by atoms with van der Waals surface area (Å²) in [6.45, 7) is 3.58. The van der Waals surface area contributed by atoms with Gasteiger partial charge in [0.1, 0.15) is 11.9 Å². The van der Waals surface area contributed by atoms with Gasteiger partial charge in [0.2, 0.25) is 0 Å². The largest absolute Gasteiger partial charge is 0.367 e. The normalized spacial score (nSPS) is 22.7. The number of hydrogen-bond acceptors (Lipinski definition) is 2. The maximum absolute atomic E-state index is 13.0. The molecule has 1 aliphatic heterocycles. The Labute approximate surface area is 143 Å². The first kappa shape index (κ1) is 18.2. The quantitative estimate of drug-likeness (QED) is 0.407. The Hall–Kier alpha value is -0.890. The fourth-order valence-corrected chi connectivity index (χ4v) is 2.60. The van der Waals surface area contributed by atoms with Crippen LogP contribution in [0.5, 0.6) is 0 Å². The molecular formula is C15H23FIN3O. The van der Waals surface area contributed by atoms with Crippen LogP contribution in [0.25, 0.3) is 0 Å². The summed E-state index contributed by atoms with van der Waals surface area (Å²) in [6.07, 6.45) is 0.0477. The maximum Gasteiger partial charge on any atom is 0.195 e. The van der Waals surface area contributed by atoms with Gasteiger partial charge in [-0.1, -0.05) is 12.1 Å². The minimum atomic E-state index is -0.224. The number of halogens is 2. The lowest BCUT2D eigenvalue weighted by Gasteiger charge is -2.40. The zero-order chi connectivity index (χ0) is 14.7. The average Bonchev–Trinajstić information content (AvgIpc) is 2.39. The standard InChI is InChI=1S/C15H22FN3O.HI/c1-11-9-19(15(17-2)18(3)4)10-14(20-11)12-5-7-13(16)8-6-12;/h5-8,11,14H,9-10H2,1-4H3;1H. The highest BCUT2D eigenvalue weighted by atomic mass is 127. The second-order valence-corrected chi connectivity index (χ2v) is 5.31. The van der Waals surface area contributed by atoms with E-state index >= 15 is 0 Å². The molecule has 0 saturated carbocycles. The highest BCUT2D eigenvalue weighted by Gasteiger charge is 2.28. The molecular weight excluding hydrogens is 384 g/mol. The van der Waals surface area contributed by atoms with Gasteiger partial charge in [0, 0.05) is 27.7 Å². The molecule has 2 atom stereocenters. The van der Waals surface area contributed by atoms with E-state index in [0.29, 0.717) is 0 Å². The van der Waals surface area contributed by atoms with Crippen LogP contribution in [0, 0.1) is 5.82 Å². The first-order valence-electron chi connectivity index (χ1n) is 6.81. The zero-order valence-corrected chi connectivity index (χ0v) is 15.2. The van der Waals surface area contributed by atoms with Crippen molar-refractivity contribution in [1.82, 2.24) is 9.80 Å². The highest BCUT2D eigenvalue weighted by Crippen LogP contribution is 2.25. The molecule has 21 heavy (non-hydrogen) atoms. The number of aliphatic imine (C=N–C) groups is 1. The summed E-state index contributed by atoms with van der Waals surface area (Å²) in [5, 5.41) is 0. The Morgan fingerprint density at radius 2 is 1.90 bits per heavy atom. The van der Waals surface area contributed by atoms with E-state index < -0.39 is 0 Å². The van der Waals surface area contributed by atoms with Crippen molar-refractivity contribution < 1.29 is 9.13 Å². The number of rotatable bonds is 1. The Bertz CT molecular complexity index is 478. The second-order valence-electron chi connectivity index (χ2n) is 5.31. The molecule has 0 N–H and O–H groups in total. The molecule has 0 radical (unpaired) electrons. The molecule has 0 aliphatic carbocycles. The van der Waals surface area contributed by atoms with Crippen molar-refractivity contribution in [2.75, 3.05) is 34.2 Å². The Morgan fingerprint density at radius 3 is 2.43 bits per heavy atom. The summed E-state index contributed by atoms with van der Waals surface area (Å²) in [4.78, 5) is 8.55. The Balaban J connectivity index is 0.00000220. The lowest BCUT2D eigenvalue weighted by molar-refractivity contribution is -0.0618. The smallest absolute Gasteiger partial charge is 0.195 e. The van der Waals surface area contributed by atoms with Gasteiger partial charge in [0.05, 0.1) is 12.6 Å². The van der Waals surface area contributed by atoms with Crippen LogP contribution in [-0.2, 0) is 4.74 Å². The summed E-state index contributed by atoms with van der Waals surface area (Å²) >= 11 is 0. The van der Waals surface area contributed by atoms with E-state index in [-0.39, 0.29) is 42.0 Å². The van der Waals surface area contributed by atoms with Crippen molar-refractivity contribution >= 4 is 29.9 Å². The molecule has 1 fully saturated rings. The predicted octanol–water partition coefficient (Wildman–Crippen LogP) is 2.75. The molecule has 1 heterocycles. The lowest BCUT2D eigenvalue weighted by atomic mass is 10.1. The number of guanidine groups is 1. The minimum absolute atomic E-state index is 0. The Morgan fingerprint density at radius 1 is 1.29 bits per heavy atom. The summed E-state index contributed by atoms with van der Waals surface area (Å²) < 4.78 is 19.0. The predicted molar refractivity (Wildman–Crippen MR) is 93.7 cm³/mol. The van der Waals surface area contributed by atoms with E-state index in [0.717, 1.165) is 24.6 Å². The van der Waals surface area contributed by atoms with Gasteiger partial charge in [-0.25, -0.2) is 4.39 Å². The van der Waals surface area contributed by atoms with Crippen LogP contribution in [-0.4, -0.2) is 56.1 Å². The van der Waals surface area contributed by atoms with Crippen LogP contribution in [0.3, 0.4) is 0 Å². The topological polar surface area (TPSA) is 28.1 Å². The van der Waals surface area contributed by atoms with E-state index in [2.05, 4.69) is 9.89 Å². The van der Waals surface area contributed by atoms with Crippen LogP contribution in [0.4, 0.5) is 4.39 Å². The van der Waals surface area contributed by atoms with Gasteiger partial charge in [0.25, 0.3) is 0 Å². The average molecular weight is 407 g/mol. The number of hydrogen-bond donors (Lipinski definition) is 0. The van der Waals surface area contributed by atoms with E-state index in [9.17, 15) is 4.39 Å². The van der Waals surface area contributed by atoms with E-state index in [1.807, 2.05) is 25.9 Å². The third kappa shape index (κ3) is 4.54. The van der Waals surface area contributed by atoms with Crippen LogP contribution in [0.1, 0.15) is 18.6 Å². The van der Waals surface area contributed by atoms with Crippen molar-refractivity contribution in [3.05, 3.63) is 35.6 Å². The molecule has 118 valence electrons. The van der Waals surface area contributed by atoms with Crippen molar-refractivity contribution in [3.63, 3.8) is 0 Å². The van der Waals surface area contributed by atoms with Crippen molar-refractivity contribution in [1.29, 1.82) is 0 Å². The van der Waals surface area contributed by atoms with Crippen LogP contribution >= 0.6 is 24.0 Å². The highest BCUT2D eigenvalue weighted by molar-refractivity contribution is 14.0. The zero-order valence-electron chi connectivity index (χ0n) is 12.9. The molecule has 0 amide bonds. The van der Waals surface area contributed by atoms with Gasteiger partial charge in [-0.2, -0.15) is 0 Å². The van der Waals surface area contributed by atoms with Gasteiger partial charge in [-0.15, -0.1) is 24.0 Å². The van der Waals surface area contributed by atoms with E-state index in [4.69, 9.17) is 4.74 Å². The molecule has 0 aromatic heterocycles. The first-order chi connectivity index (χ1) is 9.51. The van der Waals surface area contributed by atoms with Gasteiger partial charge in [0.15, 0.2) is 5.96 Å². The molecule has 0 bridgehead atoms. The molecule has 1 aliphatic rings. The SMILES string of the molecule is CN=C(N(C)C)N1CC(C)OC(c2ccc(F)cc2)C1.I. The fraction of sp³-hybridized carbons (Fsp3) is 0.533. The lowest BCUT2D eigenvalue weighted by Crippen LogP contribution is -2.50. The van der Waals surface area contributed by atoms with E-state index in [1.165, 1.54) is 12.1 Å². The first-order valence-corrected chi connectivity index (χ1v) is 6.81. The maximum atomic E-state index is 13.0. The fourth-order valence-electron chi connectivity index (χ4n) is 2.60. The Kier molecular flexibility index (Phi) is 6.86. The number of morpholine rings is 1. The third-order valence-corrected chi connectivity index (χ3v) is 3.38. The molecule has 4 nitrogen and oxygen atoms in total. The molecule has 1 aromatic carbocycles. The van der Waals surface area contributed by atoms with Crippen molar-refractivity contribution in [2.24, 2.45) is 4.99 Å². The van der Waals surface area contributed by atoms with Gasteiger partial charge in [-0.3, -0.25) is 4.99 Å². The number of ether oxygens (including phenoxy) is 1. The summed E-state index contributed by atoms with van der Waals surface area (Å²) in [7, 11) is 5.76. The molecule has 0 spiro atoms. The van der Waals surface area contributed by atoms with Gasteiger partial charge >= 0.3 is 0 Å². The van der Waals surface area contributed by atoms with Crippen molar-refractivity contribution in [2.45, 2.75) is 19.1 Å². The minimum Gasteiger partial charge on any atom is -0.367 e. The number of nitrogens with zero attached hydrogens (tertiary/aromatic N) is 3. The molecule has 6 heteroatoms. The molecule has 1 saturated heterocycles. The summed E-state index contributed by atoms with van der Waals surface area (Å²) in [5.74, 6) is 0.714. The molecule has 1 aromatic rings. The van der Waals surface area contributed by atoms with Crippen LogP contribution in [0.2, 0.25) is 0 Å². The van der Waals surface area contributed by atoms with Crippen LogP contribution in [0.15, 0.2) is 29.3 Å². The van der Waals surface area contributed by atoms with Gasteiger partial charge < -0.3 is 14.5 Å². The monoisotopic (exact) mass is 407 g/mol. The summed E-state index contributed by atoms with van der Waals surface area (Å²) in [6, 6.07) is 6.52. The van der Waals surface area contributed by atoms with E-state index in [1.54, 1.807) is 19.2 Å². The molecule has 2 rings (SSSR count).